The van der Waals surface area contributed by atoms with Crippen LogP contribution < -0.4 is 9.47 Å². The highest BCUT2D eigenvalue weighted by Crippen LogP contribution is 2.41. The molecule has 0 aromatic heterocycles. The maximum Gasteiger partial charge on any atom is 0.321 e. The highest BCUT2D eigenvalue weighted by Gasteiger charge is 2.41. The highest BCUT2D eigenvalue weighted by molar-refractivity contribution is 5.75. The van der Waals surface area contributed by atoms with Crippen molar-refractivity contribution >= 4 is 5.97 Å². The normalized spacial score (nSPS) is 19.6. The monoisotopic (exact) mass is 531 g/mol. The van der Waals surface area contributed by atoms with Crippen molar-refractivity contribution in [3.8, 4) is 11.5 Å². The van der Waals surface area contributed by atoms with E-state index < -0.39 is 24.3 Å². The Bertz CT molecular complexity index is 1230. The Morgan fingerprint density at radius 1 is 0.974 bits per heavy atom. The molecule has 7 heteroatoms. The van der Waals surface area contributed by atoms with Crippen LogP contribution in [0.1, 0.15) is 60.5 Å². The summed E-state index contributed by atoms with van der Waals surface area (Å²) in [5.74, 6) is 0.115. The van der Waals surface area contributed by atoms with Gasteiger partial charge in [-0.25, -0.2) is 0 Å². The van der Waals surface area contributed by atoms with E-state index in [-0.39, 0.29) is 19.1 Å². The van der Waals surface area contributed by atoms with Crippen LogP contribution in [-0.2, 0) is 29.1 Å². The van der Waals surface area contributed by atoms with Crippen LogP contribution in [0.5, 0.6) is 11.5 Å². The Morgan fingerprint density at radius 2 is 1.67 bits per heavy atom. The molecule has 1 aliphatic carbocycles. The Kier molecular flexibility index (Phi) is 8.81. The van der Waals surface area contributed by atoms with Crippen LogP contribution >= 0.6 is 0 Å². The maximum atomic E-state index is 12.6. The molecular formula is C32H37NO6. The molecule has 1 aliphatic heterocycles. The Morgan fingerprint density at radius 3 is 2.33 bits per heavy atom. The average molecular weight is 532 g/mol. The third kappa shape index (κ3) is 6.27. The number of rotatable bonds is 10. The number of benzene rings is 3. The Balaban J connectivity index is 1.45. The molecule has 2 N–H and O–H groups in total. The fraction of sp³-hybridized carbons (Fsp3) is 0.406. The molecule has 1 saturated carbocycles. The van der Waals surface area contributed by atoms with Crippen LogP contribution in [0.4, 0.5) is 0 Å². The van der Waals surface area contributed by atoms with Gasteiger partial charge in [-0.3, -0.25) is 9.69 Å². The average Bonchev–Trinajstić information content (AvgIpc) is 2.99. The van der Waals surface area contributed by atoms with E-state index in [4.69, 9.17) is 14.2 Å². The molecule has 206 valence electrons. The molecule has 39 heavy (non-hydrogen) atoms. The number of carboxylic acid groups (broad SMARTS) is 1. The van der Waals surface area contributed by atoms with Gasteiger partial charge in [-0.15, -0.1) is 0 Å². The molecule has 5 rings (SSSR count). The SMILES string of the molecule is COc1ccc2c(c1OCc1ccccc1)C[C@@H](C(=O)O)N(C(O)[C@@H](OC1CCCCC1)c1ccccc1)C2. The molecule has 1 unspecified atom stereocenters. The van der Waals surface area contributed by atoms with Crippen molar-refractivity contribution in [2.75, 3.05) is 7.11 Å². The molecular weight excluding hydrogens is 494 g/mol. The van der Waals surface area contributed by atoms with E-state index in [1.165, 1.54) is 6.42 Å². The first-order valence-corrected chi connectivity index (χ1v) is 13.8. The molecule has 3 aromatic carbocycles. The number of aliphatic hydroxyl groups excluding tert-OH is 1. The van der Waals surface area contributed by atoms with E-state index in [9.17, 15) is 15.0 Å². The van der Waals surface area contributed by atoms with Crippen molar-refractivity contribution in [3.63, 3.8) is 0 Å². The zero-order valence-corrected chi connectivity index (χ0v) is 22.4. The molecule has 3 aromatic rings. The molecule has 0 spiro atoms. The van der Waals surface area contributed by atoms with Crippen LogP contribution in [0.15, 0.2) is 72.8 Å². The number of carboxylic acids is 1. The quantitative estimate of drug-likeness (QED) is 0.357. The second-order valence-corrected chi connectivity index (χ2v) is 10.4. The summed E-state index contributed by atoms with van der Waals surface area (Å²) in [6.45, 7) is 0.583. The van der Waals surface area contributed by atoms with E-state index in [0.717, 1.165) is 47.9 Å². The van der Waals surface area contributed by atoms with E-state index in [1.54, 1.807) is 12.0 Å². The molecule has 0 saturated heterocycles. The summed E-state index contributed by atoms with van der Waals surface area (Å²) in [4.78, 5) is 14.3. The number of nitrogens with zero attached hydrogens (tertiary/aromatic N) is 1. The number of methoxy groups -OCH3 is 1. The predicted octanol–water partition coefficient (Wildman–Crippen LogP) is 5.49. The minimum absolute atomic E-state index is 0.0428. The second kappa shape index (κ2) is 12.6. The molecule has 0 radical (unpaired) electrons. The lowest BCUT2D eigenvalue weighted by molar-refractivity contribution is -0.173. The van der Waals surface area contributed by atoms with Crippen molar-refractivity contribution < 1.29 is 29.2 Å². The van der Waals surface area contributed by atoms with Crippen molar-refractivity contribution in [2.45, 2.75) is 76.2 Å². The minimum Gasteiger partial charge on any atom is -0.493 e. The predicted molar refractivity (Wildman–Crippen MR) is 148 cm³/mol. The third-order valence-electron chi connectivity index (χ3n) is 7.83. The largest absolute Gasteiger partial charge is 0.493 e. The number of ether oxygens (including phenoxy) is 3. The van der Waals surface area contributed by atoms with Gasteiger partial charge in [-0.05, 0) is 35.6 Å². The first-order valence-electron chi connectivity index (χ1n) is 13.8. The Labute approximate surface area is 229 Å². The summed E-state index contributed by atoms with van der Waals surface area (Å²) in [6, 6.07) is 22.3. The van der Waals surface area contributed by atoms with E-state index in [0.29, 0.717) is 18.1 Å². The van der Waals surface area contributed by atoms with Gasteiger partial charge >= 0.3 is 5.97 Å². The van der Waals surface area contributed by atoms with E-state index >= 15 is 0 Å². The van der Waals surface area contributed by atoms with Crippen LogP contribution in [0, 0.1) is 0 Å². The summed E-state index contributed by atoms with van der Waals surface area (Å²) in [6.07, 6.45) is 3.71. The standard InChI is InChI=1S/C32H37NO6/c1-37-28-18-17-24-20-33(27(32(35)36)19-26(24)30(28)38-21-22-11-5-2-6-12-22)31(34)29(23-13-7-3-8-14-23)39-25-15-9-4-10-16-25/h2-3,5-8,11-14,17-18,25,27,29,31,34H,4,9-10,15-16,19-21H2,1H3,(H,35,36)/t27-,29-,31?/m0/s1. The van der Waals surface area contributed by atoms with E-state index in [2.05, 4.69) is 0 Å². The van der Waals surface area contributed by atoms with E-state index in [1.807, 2.05) is 72.8 Å². The maximum absolute atomic E-state index is 12.6. The molecule has 7 nitrogen and oxygen atoms in total. The zero-order chi connectivity index (χ0) is 27.2. The second-order valence-electron chi connectivity index (χ2n) is 10.4. The highest BCUT2D eigenvalue weighted by atomic mass is 16.5. The molecule has 3 atom stereocenters. The molecule has 2 aliphatic rings. The van der Waals surface area contributed by atoms with Crippen molar-refractivity contribution in [1.82, 2.24) is 4.90 Å². The number of aliphatic carboxylic acids is 1. The van der Waals surface area contributed by atoms with Crippen molar-refractivity contribution in [3.05, 3.63) is 95.1 Å². The van der Waals surface area contributed by atoms with Gasteiger partial charge in [0.1, 0.15) is 25.0 Å². The van der Waals surface area contributed by atoms with Gasteiger partial charge in [0.15, 0.2) is 11.5 Å². The third-order valence-corrected chi connectivity index (χ3v) is 7.83. The summed E-state index contributed by atoms with van der Waals surface area (Å²) < 4.78 is 18.4. The van der Waals surface area contributed by atoms with Crippen molar-refractivity contribution in [2.24, 2.45) is 0 Å². The van der Waals surface area contributed by atoms with Gasteiger partial charge in [0, 0.05) is 18.5 Å². The van der Waals surface area contributed by atoms with Gasteiger partial charge < -0.3 is 24.4 Å². The lowest BCUT2D eigenvalue weighted by Crippen LogP contribution is -2.53. The van der Waals surface area contributed by atoms with Gasteiger partial charge in [0.2, 0.25) is 0 Å². The zero-order valence-electron chi connectivity index (χ0n) is 22.4. The van der Waals surface area contributed by atoms with Gasteiger partial charge in [-0.2, -0.15) is 0 Å². The lowest BCUT2D eigenvalue weighted by atomic mass is 9.91. The van der Waals surface area contributed by atoms with Crippen LogP contribution in [0.25, 0.3) is 0 Å². The summed E-state index contributed by atoms with van der Waals surface area (Å²) >= 11 is 0. The fourth-order valence-corrected chi connectivity index (χ4v) is 5.74. The van der Waals surface area contributed by atoms with Gasteiger partial charge in [0.25, 0.3) is 0 Å². The Hall–Kier alpha value is -3.39. The first-order chi connectivity index (χ1) is 19.0. The number of hydrogen-bond donors (Lipinski definition) is 2. The summed E-state index contributed by atoms with van der Waals surface area (Å²) in [5.41, 5.74) is 3.54. The number of fused-ring (bicyclic) bond motifs is 1. The fourth-order valence-electron chi connectivity index (χ4n) is 5.74. The van der Waals surface area contributed by atoms with Crippen molar-refractivity contribution in [1.29, 1.82) is 0 Å². The topological polar surface area (TPSA) is 88.5 Å². The van der Waals surface area contributed by atoms with Crippen LogP contribution in [-0.4, -0.2) is 46.6 Å². The lowest BCUT2D eigenvalue weighted by Gasteiger charge is -2.42. The number of aliphatic hydroxyl groups is 1. The van der Waals surface area contributed by atoms with Gasteiger partial charge in [-0.1, -0.05) is 86.0 Å². The minimum atomic E-state index is -1.14. The molecule has 1 heterocycles. The van der Waals surface area contributed by atoms with Crippen LogP contribution in [0.2, 0.25) is 0 Å². The molecule has 0 bridgehead atoms. The first kappa shape index (κ1) is 27.2. The molecule has 1 fully saturated rings. The smallest absolute Gasteiger partial charge is 0.321 e. The number of carbonyl (C=O) groups is 1. The number of hydrogen-bond acceptors (Lipinski definition) is 6. The van der Waals surface area contributed by atoms with Crippen LogP contribution in [0.3, 0.4) is 0 Å². The molecule has 0 amide bonds. The van der Waals surface area contributed by atoms with Gasteiger partial charge in [0.05, 0.1) is 13.2 Å². The summed E-state index contributed by atoms with van der Waals surface area (Å²) in [5, 5.41) is 22.1. The summed E-state index contributed by atoms with van der Waals surface area (Å²) in [7, 11) is 1.58.